The molecule has 0 bridgehead atoms. The zero-order valence-electron chi connectivity index (χ0n) is 13.5. The van der Waals surface area contributed by atoms with Gasteiger partial charge in [-0.05, 0) is 26.0 Å². The third-order valence-electron chi connectivity index (χ3n) is 3.66. The number of phenolic OH excluding ortho intramolecular Hbond substituents is 1. The smallest absolute Gasteiger partial charge is 0.204 e. The van der Waals surface area contributed by atoms with Crippen molar-refractivity contribution in [1.82, 2.24) is 0 Å². The summed E-state index contributed by atoms with van der Waals surface area (Å²) in [4.78, 5) is 12.7. The number of terminal acetylenes is 1. The largest absolute Gasteiger partial charge is 0.507 e. The maximum atomic E-state index is 12.7. The van der Waals surface area contributed by atoms with Crippen LogP contribution in [0.2, 0.25) is 0 Å². The number of rotatable bonds is 3. The summed E-state index contributed by atoms with van der Waals surface area (Å²) in [6.07, 6.45) is 5.41. The van der Waals surface area contributed by atoms with Crippen molar-refractivity contribution in [3.63, 3.8) is 0 Å². The summed E-state index contributed by atoms with van der Waals surface area (Å²) in [5.41, 5.74) is -0.704. The van der Waals surface area contributed by atoms with Gasteiger partial charge in [-0.25, -0.2) is 0 Å². The molecule has 0 aliphatic rings. The van der Waals surface area contributed by atoms with E-state index in [9.17, 15) is 9.90 Å². The first-order valence-corrected chi connectivity index (χ1v) is 7.29. The summed E-state index contributed by atoms with van der Waals surface area (Å²) in [5, 5.41) is 10.7. The highest BCUT2D eigenvalue weighted by atomic mass is 16.5. The van der Waals surface area contributed by atoms with Crippen LogP contribution in [0.15, 0.2) is 39.5 Å². The number of aromatic hydroxyl groups is 1. The van der Waals surface area contributed by atoms with E-state index in [0.29, 0.717) is 22.5 Å². The van der Waals surface area contributed by atoms with Crippen molar-refractivity contribution in [2.45, 2.75) is 19.4 Å². The van der Waals surface area contributed by atoms with Gasteiger partial charge >= 0.3 is 0 Å². The average Bonchev–Trinajstić information content (AvgIpc) is 2.53. The van der Waals surface area contributed by atoms with Gasteiger partial charge in [0.2, 0.25) is 5.43 Å². The lowest BCUT2D eigenvalue weighted by molar-refractivity contribution is 0.172. The molecule has 0 spiro atoms. The molecule has 0 aliphatic carbocycles. The fraction of sp³-hybridized carbons (Fsp3) is 0.211. The maximum Gasteiger partial charge on any atom is 0.204 e. The summed E-state index contributed by atoms with van der Waals surface area (Å²) in [6.45, 7) is 3.43. The van der Waals surface area contributed by atoms with Crippen LogP contribution >= 0.6 is 0 Å². The lowest BCUT2D eigenvalue weighted by Crippen LogP contribution is -2.25. The minimum absolute atomic E-state index is 0.0848. The van der Waals surface area contributed by atoms with Crippen LogP contribution in [0.4, 0.5) is 0 Å². The molecule has 0 atom stereocenters. The molecule has 1 N–H and O–H groups in total. The molecule has 2 aromatic carbocycles. The Hall–Kier alpha value is -3.13. The predicted molar refractivity (Wildman–Crippen MR) is 91.7 cm³/mol. The van der Waals surface area contributed by atoms with Crippen molar-refractivity contribution in [3.05, 3.63) is 40.6 Å². The third-order valence-corrected chi connectivity index (χ3v) is 3.66. The van der Waals surface area contributed by atoms with Crippen LogP contribution in [0.1, 0.15) is 13.8 Å². The van der Waals surface area contributed by atoms with Crippen LogP contribution in [0.3, 0.4) is 0 Å². The molecule has 1 heterocycles. The van der Waals surface area contributed by atoms with Crippen LogP contribution in [-0.4, -0.2) is 17.8 Å². The van der Waals surface area contributed by atoms with Gasteiger partial charge in [-0.2, -0.15) is 0 Å². The molecule has 0 fully saturated rings. The van der Waals surface area contributed by atoms with E-state index in [1.54, 1.807) is 32.0 Å². The van der Waals surface area contributed by atoms with Gasteiger partial charge in [-0.3, -0.25) is 4.79 Å². The van der Waals surface area contributed by atoms with E-state index in [-0.39, 0.29) is 22.1 Å². The monoisotopic (exact) mass is 324 g/mol. The van der Waals surface area contributed by atoms with E-state index in [2.05, 4.69) is 5.92 Å². The van der Waals surface area contributed by atoms with Crippen molar-refractivity contribution in [2.75, 3.05) is 7.11 Å². The molecule has 24 heavy (non-hydrogen) atoms. The van der Waals surface area contributed by atoms with E-state index >= 15 is 0 Å². The second-order valence-corrected chi connectivity index (χ2v) is 5.84. The van der Waals surface area contributed by atoms with E-state index in [0.717, 1.165) is 0 Å². The zero-order chi connectivity index (χ0) is 17.5. The lowest BCUT2D eigenvalue weighted by Gasteiger charge is -2.20. The molecule has 0 radical (unpaired) electrons. The van der Waals surface area contributed by atoms with Crippen molar-refractivity contribution in [2.24, 2.45) is 0 Å². The number of hydrogen-bond acceptors (Lipinski definition) is 5. The second-order valence-electron chi connectivity index (χ2n) is 5.84. The topological polar surface area (TPSA) is 68.9 Å². The van der Waals surface area contributed by atoms with Gasteiger partial charge in [-0.15, -0.1) is 6.42 Å². The number of para-hydroxylation sites is 1. The predicted octanol–water partition coefficient (Wildman–Crippen LogP) is 3.45. The Kier molecular flexibility index (Phi) is 3.61. The standard InChI is InChI=1S/C19H16O5/c1-5-19(2,3)24-11-9-13(20)16-15(10-11)23-18-12(17(16)21)7-6-8-14(18)22-4/h1,6-10,20H,2-4H3. The van der Waals surface area contributed by atoms with E-state index < -0.39 is 5.60 Å². The van der Waals surface area contributed by atoms with E-state index in [1.807, 2.05) is 0 Å². The van der Waals surface area contributed by atoms with Gasteiger partial charge in [0.1, 0.15) is 22.5 Å². The Morgan fingerprint density at radius 2 is 2.04 bits per heavy atom. The van der Waals surface area contributed by atoms with Gasteiger partial charge in [-0.1, -0.05) is 12.0 Å². The molecule has 3 aromatic rings. The van der Waals surface area contributed by atoms with Gasteiger partial charge in [0.05, 0.1) is 12.5 Å². The fourth-order valence-corrected chi connectivity index (χ4v) is 2.47. The molecule has 0 aliphatic heterocycles. The van der Waals surface area contributed by atoms with Gasteiger partial charge < -0.3 is 19.0 Å². The van der Waals surface area contributed by atoms with Crippen LogP contribution in [0.5, 0.6) is 17.2 Å². The molecule has 5 nitrogen and oxygen atoms in total. The Labute approximate surface area is 138 Å². The highest BCUT2D eigenvalue weighted by Gasteiger charge is 2.20. The van der Waals surface area contributed by atoms with Crippen LogP contribution in [0, 0.1) is 12.3 Å². The fourth-order valence-electron chi connectivity index (χ4n) is 2.47. The Morgan fingerprint density at radius 3 is 2.71 bits per heavy atom. The first-order chi connectivity index (χ1) is 11.4. The minimum atomic E-state index is -0.866. The van der Waals surface area contributed by atoms with Gasteiger partial charge in [0.15, 0.2) is 16.9 Å². The molecule has 122 valence electrons. The molecule has 5 heteroatoms. The SMILES string of the molecule is C#CC(C)(C)Oc1cc(O)c2c(=O)c3cccc(OC)c3oc2c1. The van der Waals surface area contributed by atoms with E-state index in [4.69, 9.17) is 20.3 Å². The van der Waals surface area contributed by atoms with Crippen molar-refractivity contribution < 1.29 is 19.0 Å². The molecule has 0 saturated heterocycles. The van der Waals surface area contributed by atoms with Crippen molar-refractivity contribution in [1.29, 1.82) is 0 Å². The molecule has 0 unspecified atom stereocenters. The Bertz CT molecular complexity index is 1040. The number of fused-ring (bicyclic) bond motifs is 2. The molecule has 0 amide bonds. The normalized spacial score (nSPS) is 11.4. The highest BCUT2D eigenvalue weighted by molar-refractivity contribution is 5.95. The van der Waals surface area contributed by atoms with Crippen LogP contribution in [-0.2, 0) is 0 Å². The quantitative estimate of drug-likeness (QED) is 0.590. The Balaban J connectivity index is 2.33. The third kappa shape index (κ3) is 2.52. The molecule has 3 rings (SSSR count). The zero-order valence-corrected chi connectivity index (χ0v) is 13.5. The minimum Gasteiger partial charge on any atom is -0.507 e. The molecular formula is C19H16O5. The van der Waals surface area contributed by atoms with E-state index in [1.165, 1.54) is 19.2 Å². The summed E-state index contributed by atoms with van der Waals surface area (Å²) in [7, 11) is 1.49. The highest BCUT2D eigenvalue weighted by Crippen LogP contribution is 2.34. The van der Waals surface area contributed by atoms with Crippen LogP contribution < -0.4 is 14.9 Å². The number of ether oxygens (including phenoxy) is 2. The first kappa shape index (κ1) is 15.8. The summed E-state index contributed by atoms with van der Waals surface area (Å²) in [6, 6.07) is 7.88. The Morgan fingerprint density at radius 1 is 1.29 bits per heavy atom. The average molecular weight is 324 g/mol. The molecule has 1 aromatic heterocycles. The molecule has 0 saturated carbocycles. The number of hydrogen-bond donors (Lipinski definition) is 1. The van der Waals surface area contributed by atoms with Gasteiger partial charge in [0.25, 0.3) is 0 Å². The number of phenols is 1. The first-order valence-electron chi connectivity index (χ1n) is 7.29. The van der Waals surface area contributed by atoms with Gasteiger partial charge in [0, 0.05) is 12.1 Å². The summed E-state index contributed by atoms with van der Waals surface area (Å²) < 4.78 is 16.7. The van der Waals surface area contributed by atoms with Crippen LogP contribution in [0.25, 0.3) is 21.9 Å². The van der Waals surface area contributed by atoms with Crippen molar-refractivity contribution in [3.8, 4) is 29.6 Å². The maximum absolute atomic E-state index is 12.7. The number of benzene rings is 2. The second kappa shape index (κ2) is 5.50. The van der Waals surface area contributed by atoms with Crippen molar-refractivity contribution >= 4 is 21.9 Å². The summed E-state index contributed by atoms with van der Waals surface area (Å²) in [5.74, 6) is 3.01. The number of methoxy groups -OCH3 is 1. The lowest BCUT2D eigenvalue weighted by atomic mass is 10.1. The molecular weight excluding hydrogens is 308 g/mol. The summed E-state index contributed by atoms with van der Waals surface area (Å²) >= 11 is 0.